The van der Waals surface area contributed by atoms with Crippen molar-refractivity contribution in [1.82, 2.24) is 14.7 Å². The van der Waals surface area contributed by atoms with E-state index >= 15 is 0 Å². The molecule has 114 valence electrons. The minimum atomic E-state index is -0.658. The van der Waals surface area contributed by atoms with Crippen molar-refractivity contribution in [3.05, 3.63) is 11.8 Å². The molecule has 4 nitrogen and oxygen atoms in total. The van der Waals surface area contributed by atoms with Crippen LogP contribution in [0.3, 0.4) is 0 Å². The lowest BCUT2D eigenvalue weighted by molar-refractivity contribution is -0.0111. The van der Waals surface area contributed by atoms with Gasteiger partial charge in [0.1, 0.15) is 12.8 Å². The Morgan fingerprint density at radius 2 is 1.90 bits per heavy atom. The maximum absolute atomic E-state index is 12.9. The first-order valence-corrected chi connectivity index (χ1v) is 7.52. The van der Waals surface area contributed by atoms with Crippen molar-refractivity contribution in [3.8, 4) is 5.88 Å². The zero-order chi connectivity index (χ0) is 14.9. The van der Waals surface area contributed by atoms with E-state index in [4.69, 9.17) is 4.74 Å². The summed E-state index contributed by atoms with van der Waals surface area (Å²) >= 11 is 0. The summed E-state index contributed by atoms with van der Waals surface area (Å²) in [7, 11) is 0. The minimum absolute atomic E-state index is 0.0429. The molecule has 20 heavy (non-hydrogen) atoms. The summed E-state index contributed by atoms with van der Waals surface area (Å²) in [5, 5.41) is 4.40. The summed E-state index contributed by atoms with van der Waals surface area (Å²) in [4.78, 5) is 2.13. The van der Waals surface area contributed by atoms with Crippen LogP contribution in [0.5, 0.6) is 5.88 Å². The average Bonchev–Trinajstić information content (AvgIpc) is 2.80. The number of alkyl halides is 1. The number of halogens is 1. The van der Waals surface area contributed by atoms with Crippen LogP contribution in [0.4, 0.5) is 4.39 Å². The summed E-state index contributed by atoms with van der Waals surface area (Å²) < 4.78 is 20.7. The lowest BCUT2D eigenvalue weighted by Crippen LogP contribution is -2.57. The van der Waals surface area contributed by atoms with Gasteiger partial charge in [0.25, 0.3) is 0 Å². The molecule has 1 aromatic rings. The Kier molecular flexibility index (Phi) is 4.37. The molecule has 1 saturated heterocycles. The molecule has 1 atom stereocenters. The van der Waals surface area contributed by atoms with E-state index in [-0.39, 0.29) is 11.5 Å². The van der Waals surface area contributed by atoms with Crippen molar-refractivity contribution in [2.24, 2.45) is 0 Å². The lowest BCUT2D eigenvalue weighted by Gasteiger charge is -2.42. The highest BCUT2D eigenvalue weighted by molar-refractivity contribution is 5.32. The van der Waals surface area contributed by atoms with E-state index in [0.717, 1.165) is 18.0 Å². The molecular formula is C15H26FN3O. The average molecular weight is 283 g/mol. The molecule has 5 heteroatoms. The second kappa shape index (κ2) is 5.72. The van der Waals surface area contributed by atoms with Crippen LogP contribution in [0, 0.1) is 0 Å². The second-order valence-corrected chi connectivity index (χ2v) is 6.31. The van der Waals surface area contributed by atoms with Crippen LogP contribution in [0.15, 0.2) is 6.20 Å². The lowest BCUT2D eigenvalue weighted by atomic mass is 9.89. The quantitative estimate of drug-likeness (QED) is 0.793. The molecule has 3 rings (SSSR count). The third kappa shape index (κ3) is 2.82. The molecule has 2 aliphatic heterocycles. The predicted octanol–water partition coefficient (Wildman–Crippen LogP) is 2.62. The van der Waals surface area contributed by atoms with Crippen molar-refractivity contribution in [2.45, 2.75) is 58.8 Å². The molecule has 1 unspecified atom stereocenters. The second-order valence-electron chi connectivity index (χ2n) is 6.31. The highest BCUT2D eigenvalue weighted by Gasteiger charge is 2.36. The van der Waals surface area contributed by atoms with Gasteiger partial charge in [-0.1, -0.05) is 34.6 Å². The summed E-state index contributed by atoms with van der Waals surface area (Å²) in [5.74, 6) is 0.885. The van der Waals surface area contributed by atoms with Gasteiger partial charge >= 0.3 is 0 Å². The molecule has 2 aliphatic rings. The van der Waals surface area contributed by atoms with Gasteiger partial charge in [-0.2, -0.15) is 5.10 Å². The maximum Gasteiger partial charge on any atom is 0.215 e. The van der Waals surface area contributed by atoms with Gasteiger partial charge in [-0.25, -0.2) is 9.07 Å². The first-order chi connectivity index (χ1) is 9.45. The number of ether oxygens (including phenoxy) is 1. The Balaban J connectivity index is 0.000000704. The molecule has 0 N–H and O–H groups in total. The van der Waals surface area contributed by atoms with E-state index < -0.39 is 6.17 Å². The van der Waals surface area contributed by atoms with Crippen LogP contribution in [0.25, 0.3) is 0 Å². The van der Waals surface area contributed by atoms with Crippen LogP contribution >= 0.6 is 0 Å². The van der Waals surface area contributed by atoms with E-state index in [2.05, 4.69) is 30.8 Å². The third-order valence-electron chi connectivity index (χ3n) is 3.78. The molecule has 3 heterocycles. The number of aromatic nitrogens is 2. The molecule has 0 amide bonds. The summed E-state index contributed by atoms with van der Waals surface area (Å²) in [6.45, 7) is 13.0. The number of hydrogen-bond donors (Lipinski definition) is 0. The van der Waals surface area contributed by atoms with E-state index in [0.29, 0.717) is 19.7 Å². The zero-order valence-electron chi connectivity index (χ0n) is 13.2. The number of fused-ring (bicyclic) bond motifs is 1. The van der Waals surface area contributed by atoms with Gasteiger partial charge in [0, 0.05) is 18.7 Å². The standard InChI is InChI=1S/C13H20FN3O.C2H6/c1-13(2,3)11-4-15-17-7-10(8-18-12(11)17)16-5-9(14)6-16;1-2/h4,9-10H,5-8H2,1-3H3;1-2H3. The Bertz CT molecular complexity index is 446. The van der Waals surface area contributed by atoms with Crippen LogP contribution in [0.1, 0.15) is 40.2 Å². The minimum Gasteiger partial charge on any atom is -0.476 e. The largest absolute Gasteiger partial charge is 0.476 e. The Morgan fingerprint density at radius 3 is 2.45 bits per heavy atom. The third-order valence-corrected chi connectivity index (χ3v) is 3.78. The summed E-state index contributed by atoms with van der Waals surface area (Å²) in [6.07, 6.45) is 1.24. The molecule has 1 fully saturated rings. The topological polar surface area (TPSA) is 30.3 Å². The number of hydrogen-bond acceptors (Lipinski definition) is 3. The Hall–Kier alpha value is -1.10. The smallest absolute Gasteiger partial charge is 0.215 e. The monoisotopic (exact) mass is 283 g/mol. The fourth-order valence-electron chi connectivity index (χ4n) is 2.57. The van der Waals surface area contributed by atoms with Gasteiger partial charge in [0.2, 0.25) is 5.88 Å². The molecule has 0 radical (unpaired) electrons. The van der Waals surface area contributed by atoms with Crippen molar-refractivity contribution in [1.29, 1.82) is 0 Å². The first kappa shape index (κ1) is 15.3. The molecule has 0 aromatic carbocycles. The molecule has 0 saturated carbocycles. The normalized spacial score (nSPS) is 23.2. The molecular weight excluding hydrogens is 257 g/mol. The zero-order valence-corrected chi connectivity index (χ0v) is 13.2. The van der Waals surface area contributed by atoms with Crippen molar-refractivity contribution in [3.63, 3.8) is 0 Å². The van der Waals surface area contributed by atoms with Gasteiger partial charge in [0.05, 0.1) is 18.8 Å². The SMILES string of the molecule is CC.CC(C)(C)c1cnn2c1OCC(N1CC(F)C1)C2. The molecule has 0 bridgehead atoms. The Labute approximate surface area is 120 Å². The summed E-state index contributed by atoms with van der Waals surface area (Å²) in [5.41, 5.74) is 1.19. The molecule has 0 spiro atoms. The van der Waals surface area contributed by atoms with Crippen LogP contribution in [-0.4, -0.2) is 46.6 Å². The van der Waals surface area contributed by atoms with Crippen molar-refractivity contribution >= 4 is 0 Å². The van der Waals surface area contributed by atoms with Crippen LogP contribution < -0.4 is 4.74 Å². The Morgan fingerprint density at radius 1 is 1.25 bits per heavy atom. The first-order valence-electron chi connectivity index (χ1n) is 7.52. The fraction of sp³-hybridized carbons (Fsp3) is 0.800. The van der Waals surface area contributed by atoms with Crippen molar-refractivity contribution in [2.75, 3.05) is 19.7 Å². The summed E-state index contributed by atoms with van der Waals surface area (Å²) in [6, 6.07) is 0.261. The van der Waals surface area contributed by atoms with E-state index in [9.17, 15) is 4.39 Å². The maximum atomic E-state index is 12.9. The van der Waals surface area contributed by atoms with E-state index in [1.54, 1.807) is 0 Å². The van der Waals surface area contributed by atoms with Crippen LogP contribution in [0.2, 0.25) is 0 Å². The highest BCUT2D eigenvalue weighted by Crippen LogP contribution is 2.34. The van der Waals surface area contributed by atoms with Crippen molar-refractivity contribution < 1.29 is 9.13 Å². The van der Waals surface area contributed by atoms with Gasteiger partial charge < -0.3 is 4.74 Å². The predicted molar refractivity (Wildman–Crippen MR) is 78.0 cm³/mol. The fourth-order valence-corrected chi connectivity index (χ4v) is 2.57. The molecule has 1 aromatic heterocycles. The van der Waals surface area contributed by atoms with E-state index in [1.807, 2.05) is 24.7 Å². The van der Waals surface area contributed by atoms with Gasteiger partial charge in [-0.05, 0) is 5.41 Å². The van der Waals surface area contributed by atoms with Gasteiger partial charge in [-0.15, -0.1) is 0 Å². The number of rotatable bonds is 1. The number of nitrogens with zero attached hydrogens (tertiary/aromatic N) is 3. The van der Waals surface area contributed by atoms with Crippen LogP contribution in [-0.2, 0) is 12.0 Å². The molecule has 0 aliphatic carbocycles. The van der Waals surface area contributed by atoms with Gasteiger partial charge in [-0.3, -0.25) is 4.90 Å². The highest BCUT2D eigenvalue weighted by atomic mass is 19.1. The van der Waals surface area contributed by atoms with Gasteiger partial charge in [0.15, 0.2) is 0 Å². The number of likely N-dealkylation sites (tertiary alicyclic amines) is 1. The van der Waals surface area contributed by atoms with E-state index in [1.165, 1.54) is 0 Å².